The Labute approximate surface area is 150 Å². The molecule has 0 saturated carbocycles. The number of hydrogen-bond donors (Lipinski definition) is 1. The van der Waals surface area contributed by atoms with Crippen molar-refractivity contribution in [2.24, 2.45) is 0 Å². The smallest absolute Gasteiger partial charge is 0.338 e. The van der Waals surface area contributed by atoms with E-state index in [0.29, 0.717) is 30.2 Å². The molecule has 3 aromatic rings. The summed E-state index contributed by atoms with van der Waals surface area (Å²) >= 11 is 0. The lowest BCUT2D eigenvalue weighted by Gasteiger charge is -2.04. The van der Waals surface area contributed by atoms with E-state index in [9.17, 15) is 9.59 Å². The number of carbonyl (C=O) groups excluding carboxylic acids is 2. The highest BCUT2D eigenvalue weighted by atomic mass is 16.5. The highest BCUT2D eigenvalue weighted by molar-refractivity contribution is 6.01. The molecule has 0 spiro atoms. The number of nitrogens with one attached hydrogen (secondary N) is 1. The minimum Gasteiger partial charge on any atom is -0.462 e. The molecule has 0 saturated heterocycles. The van der Waals surface area contributed by atoms with Crippen LogP contribution in [0.2, 0.25) is 0 Å². The van der Waals surface area contributed by atoms with E-state index in [4.69, 9.17) is 9.15 Å². The summed E-state index contributed by atoms with van der Waals surface area (Å²) in [6.45, 7) is 2.04. The number of aromatic nitrogens is 2. The molecule has 0 radical (unpaired) electrons. The minimum atomic E-state index is -0.513. The van der Waals surface area contributed by atoms with Gasteiger partial charge in [-0.2, -0.15) is 0 Å². The average Bonchev–Trinajstić information content (AvgIpc) is 3.12. The van der Waals surface area contributed by atoms with Crippen LogP contribution in [-0.4, -0.2) is 28.7 Å². The molecule has 0 atom stereocenters. The Morgan fingerprint density at radius 1 is 1.04 bits per heavy atom. The summed E-state index contributed by atoms with van der Waals surface area (Å²) in [5.41, 5.74) is 1.93. The molecule has 2 aromatic carbocycles. The highest BCUT2D eigenvalue weighted by Crippen LogP contribution is 2.13. The molecule has 1 aromatic heterocycles. The molecule has 7 nitrogen and oxygen atoms in total. The van der Waals surface area contributed by atoms with Gasteiger partial charge in [0.2, 0.25) is 5.89 Å². The van der Waals surface area contributed by atoms with Crippen molar-refractivity contribution in [1.29, 1.82) is 0 Å². The van der Waals surface area contributed by atoms with Gasteiger partial charge in [0.15, 0.2) is 0 Å². The molecule has 0 bridgehead atoms. The Balaban J connectivity index is 1.62. The number of ether oxygens (including phenoxy) is 1. The number of amides is 1. The SMILES string of the molecule is CCOC(=O)c1ccc(NC(=O)c2nnc(Cc3ccccc3)o2)cc1. The van der Waals surface area contributed by atoms with Crippen molar-refractivity contribution in [3.63, 3.8) is 0 Å². The maximum absolute atomic E-state index is 12.2. The van der Waals surface area contributed by atoms with Crippen LogP contribution in [0, 0.1) is 0 Å². The van der Waals surface area contributed by atoms with Crippen LogP contribution < -0.4 is 5.32 Å². The lowest BCUT2D eigenvalue weighted by atomic mass is 10.2. The molecule has 0 unspecified atom stereocenters. The van der Waals surface area contributed by atoms with Gasteiger partial charge in [-0.25, -0.2) is 4.79 Å². The van der Waals surface area contributed by atoms with Gasteiger partial charge in [-0.15, -0.1) is 10.2 Å². The number of hydrogen-bond acceptors (Lipinski definition) is 6. The van der Waals surface area contributed by atoms with Crippen molar-refractivity contribution in [2.75, 3.05) is 11.9 Å². The zero-order valence-corrected chi connectivity index (χ0v) is 14.1. The summed E-state index contributed by atoms with van der Waals surface area (Å²) in [6.07, 6.45) is 0.454. The van der Waals surface area contributed by atoms with Crippen LogP contribution in [0.1, 0.15) is 39.4 Å². The Bertz CT molecular complexity index is 889. The van der Waals surface area contributed by atoms with Gasteiger partial charge in [0.05, 0.1) is 18.6 Å². The van der Waals surface area contributed by atoms with Gasteiger partial charge in [-0.05, 0) is 36.8 Å². The predicted molar refractivity (Wildman–Crippen MR) is 93.9 cm³/mol. The predicted octanol–water partition coefficient (Wildman–Crippen LogP) is 3.09. The van der Waals surface area contributed by atoms with E-state index in [1.807, 2.05) is 30.3 Å². The fourth-order valence-electron chi connectivity index (χ4n) is 2.28. The maximum atomic E-state index is 12.2. The third-order valence-corrected chi connectivity index (χ3v) is 3.51. The largest absolute Gasteiger partial charge is 0.462 e. The number of esters is 1. The van der Waals surface area contributed by atoms with Gasteiger partial charge in [0, 0.05) is 5.69 Å². The fraction of sp³-hybridized carbons (Fsp3) is 0.158. The van der Waals surface area contributed by atoms with Crippen LogP contribution in [0.15, 0.2) is 59.0 Å². The van der Waals surface area contributed by atoms with Crippen LogP contribution in [0.25, 0.3) is 0 Å². The first-order chi connectivity index (χ1) is 12.7. The first-order valence-electron chi connectivity index (χ1n) is 8.10. The average molecular weight is 351 g/mol. The summed E-state index contributed by atoms with van der Waals surface area (Å²) in [5.74, 6) is -0.682. The van der Waals surface area contributed by atoms with Crippen molar-refractivity contribution in [3.05, 3.63) is 77.5 Å². The minimum absolute atomic E-state index is 0.120. The normalized spacial score (nSPS) is 10.3. The number of benzene rings is 2. The second-order valence-corrected chi connectivity index (χ2v) is 5.42. The van der Waals surface area contributed by atoms with E-state index in [-0.39, 0.29) is 5.89 Å². The van der Waals surface area contributed by atoms with E-state index in [1.165, 1.54) is 0 Å². The zero-order chi connectivity index (χ0) is 18.4. The molecular weight excluding hydrogens is 334 g/mol. The van der Waals surface area contributed by atoms with Crippen LogP contribution in [0.3, 0.4) is 0 Å². The highest BCUT2D eigenvalue weighted by Gasteiger charge is 2.15. The quantitative estimate of drug-likeness (QED) is 0.686. The van der Waals surface area contributed by atoms with E-state index in [2.05, 4.69) is 15.5 Å². The first-order valence-corrected chi connectivity index (χ1v) is 8.10. The number of carbonyl (C=O) groups is 2. The molecule has 0 aliphatic carbocycles. The molecule has 3 rings (SSSR count). The third-order valence-electron chi connectivity index (χ3n) is 3.51. The summed E-state index contributed by atoms with van der Waals surface area (Å²) in [5, 5.41) is 10.3. The molecule has 1 heterocycles. The molecule has 7 heteroatoms. The molecular formula is C19H17N3O4. The van der Waals surface area contributed by atoms with E-state index in [1.54, 1.807) is 31.2 Å². The number of rotatable bonds is 6. The molecule has 0 aliphatic heterocycles. The van der Waals surface area contributed by atoms with Crippen molar-refractivity contribution >= 4 is 17.6 Å². The monoisotopic (exact) mass is 351 g/mol. The second-order valence-electron chi connectivity index (χ2n) is 5.42. The molecule has 1 amide bonds. The van der Waals surface area contributed by atoms with E-state index < -0.39 is 11.9 Å². The number of nitrogens with zero attached hydrogens (tertiary/aromatic N) is 2. The second kappa shape index (κ2) is 8.06. The van der Waals surface area contributed by atoms with Crippen LogP contribution in [0.4, 0.5) is 5.69 Å². The van der Waals surface area contributed by atoms with Gasteiger partial charge in [-0.3, -0.25) is 4.79 Å². The third kappa shape index (κ3) is 4.32. The van der Waals surface area contributed by atoms with Crippen molar-refractivity contribution in [3.8, 4) is 0 Å². The summed E-state index contributed by atoms with van der Waals surface area (Å²) in [4.78, 5) is 23.8. The molecule has 0 aliphatic rings. The van der Waals surface area contributed by atoms with Crippen molar-refractivity contribution in [1.82, 2.24) is 10.2 Å². The van der Waals surface area contributed by atoms with E-state index >= 15 is 0 Å². The Morgan fingerprint density at radius 3 is 2.46 bits per heavy atom. The number of anilines is 1. The van der Waals surface area contributed by atoms with Gasteiger partial charge in [0.1, 0.15) is 0 Å². The Morgan fingerprint density at radius 2 is 1.77 bits per heavy atom. The van der Waals surface area contributed by atoms with Gasteiger partial charge in [-0.1, -0.05) is 30.3 Å². The molecule has 26 heavy (non-hydrogen) atoms. The zero-order valence-electron chi connectivity index (χ0n) is 14.1. The summed E-state index contributed by atoms with van der Waals surface area (Å²) in [7, 11) is 0. The lowest BCUT2D eigenvalue weighted by Crippen LogP contribution is -2.12. The maximum Gasteiger partial charge on any atom is 0.338 e. The standard InChI is InChI=1S/C19H17N3O4/c1-2-25-19(24)14-8-10-15(11-9-14)20-17(23)18-22-21-16(26-18)12-13-6-4-3-5-7-13/h3-11H,2,12H2,1H3,(H,20,23). The fourth-order valence-corrected chi connectivity index (χ4v) is 2.28. The van der Waals surface area contributed by atoms with Gasteiger partial charge in [0.25, 0.3) is 0 Å². The van der Waals surface area contributed by atoms with Gasteiger partial charge < -0.3 is 14.5 Å². The summed E-state index contributed by atoms with van der Waals surface area (Å²) in [6, 6.07) is 16.0. The molecule has 132 valence electrons. The van der Waals surface area contributed by atoms with Crippen LogP contribution in [-0.2, 0) is 11.2 Å². The molecule has 1 N–H and O–H groups in total. The van der Waals surface area contributed by atoms with Crippen LogP contribution in [0.5, 0.6) is 0 Å². The van der Waals surface area contributed by atoms with Crippen LogP contribution >= 0.6 is 0 Å². The van der Waals surface area contributed by atoms with Crippen molar-refractivity contribution in [2.45, 2.75) is 13.3 Å². The van der Waals surface area contributed by atoms with Gasteiger partial charge >= 0.3 is 17.8 Å². The Kier molecular flexibility index (Phi) is 5.38. The summed E-state index contributed by atoms with van der Waals surface area (Å²) < 4.78 is 10.3. The lowest BCUT2D eigenvalue weighted by molar-refractivity contribution is 0.0526. The van der Waals surface area contributed by atoms with E-state index in [0.717, 1.165) is 5.56 Å². The first kappa shape index (κ1) is 17.3. The topological polar surface area (TPSA) is 94.3 Å². The Hall–Kier alpha value is -3.48. The molecule has 0 fully saturated rings. The van der Waals surface area contributed by atoms with Crippen molar-refractivity contribution < 1.29 is 18.7 Å².